The van der Waals surface area contributed by atoms with E-state index in [-0.39, 0.29) is 18.7 Å². The molecule has 0 aliphatic rings. The minimum absolute atomic E-state index is 0.0821. The molecule has 0 atom stereocenters. The van der Waals surface area contributed by atoms with Crippen molar-refractivity contribution >= 4 is 17.6 Å². The molecule has 2 N–H and O–H groups in total. The van der Waals surface area contributed by atoms with E-state index in [0.717, 1.165) is 13.0 Å². The van der Waals surface area contributed by atoms with Gasteiger partial charge in [-0.1, -0.05) is 90.4 Å². The maximum atomic E-state index is 14.3. The van der Waals surface area contributed by atoms with Crippen LogP contribution < -0.4 is 10.6 Å². The van der Waals surface area contributed by atoms with E-state index >= 15 is 0 Å². The molecule has 5 nitrogen and oxygen atoms in total. The molecule has 0 aliphatic heterocycles. The summed E-state index contributed by atoms with van der Waals surface area (Å²) in [7, 11) is 0. The Labute approximate surface area is 200 Å². The van der Waals surface area contributed by atoms with Gasteiger partial charge in [-0.05, 0) is 31.5 Å². The molecule has 0 radical (unpaired) electrons. The van der Waals surface area contributed by atoms with Gasteiger partial charge in [0.25, 0.3) is 5.91 Å². The molecule has 0 spiro atoms. The van der Waals surface area contributed by atoms with E-state index in [4.69, 9.17) is 4.74 Å². The van der Waals surface area contributed by atoms with E-state index in [1.54, 1.807) is 13.0 Å². The van der Waals surface area contributed by atoms with Crippen molar-refractivity contribution in [2.45, 2.75) is 104 Å². The molecule has 0 saturated heterocycles. The first-order chi connectivity index (χ1) is 16.1. The quantitative estimate of drug-likeness (QED) is 0.161. The number of carbonyl (C=O) groups is 2. The molecule has 0 heterocycles. The Kier molecular flexibility index (Phi) is 17.0. The Morgan fingerprint density at radius 1 is 0.818 bits per heavy atom. The summed E-state index contributed by atoms with van der Waals surface area (Å²) in [5.74, 6) is -1.78. The fraction of sp³-hybridized carbons (Fsp3) is 0.704. The Hall–Kier alpha value is -2.11. The molecule has 0 fully saturated rings. The van der Waals surface area contributed by atoms with Gasteiger partial charge in [-0.2, -0.15) is 0 Å². The van der Waals surface area contributed by atoms with Crippen LogP contribution in [-0.2, 0) is 9.53 Å². The van der Waals surface area contributed by atoms with Gasteiger partial charge in [0.15, 0.2) is 0 Å². The first kappa shape index (κ1) is 28.9. The van der Waals surface area contributed by atoms with E-state index < -0.39 is 17.7 Å². The molecular formula is C27H45FN2O3. The number of hydrogen-bond acceptors (Lipinski definition) is 4. The topological polar surface area (TPSA) is 67.4 Å². The third-order valence-electron chi connectivity index (χ3n) is 5.77. The third-order valence-corrected chi connectivity index (χ3v) is 5.77. The van der Waals surface area contributed by atoms with E-state index in [1.807, 2.05) is 0 Å². The average Bonchev–Trinajstić information content (AvgIpc) is 2.80. The Morgan fingerprint density at radius 2 is 1.36 bits per heavy atom. The summed E-state index contributed by atoms with van der Waals surface area (Å²) in [6.45, 7) is 4.70. The van der Waals surface area contributed by atoms with Crippen molar-refractivity contribution in [3.63, 3.8) is 0 Å². The second-order valence-electron chi connectivity index (χ2n) is 8.71. The number of halogens is 1. The zero-order valence-electron chi connectivity index (χ0n) is 20.9. The van der Waals surface area contributed by atoms with E-state index in [2.05, 4.69) is 17.6 Å². The second kappa shape index (κ2) is 19.4. The number of unbranched alkanes of at least 4 members (excludes halogenated alkanes) is 13. The summed E-state index contributed by atoms with van der Waals surface area (Å²) >= 11 is 0. The molecule has 0 aromatic heterocycles. The van der Waals surface area contributed by atoms with Crippen molar-refractivity contribution in [1.82, 2.24) is 5.32 Å². The number of hydrogen-bond donors (Lipinski definition) is 2. The normalized spacial score (nSPS) is 10.8. The lowest BCUT2D eigenvalue weighted by Gasteiger charge is -2.09. The van der Waals surface area contributed by atoms with E-state index in [1.165, 1.54) is 95.6 Å². The maximum absolute atomic E-state index is 14.3. The number of ether oxygens (including phenoxy) is 1. The standard InChI is InChI=1S/C27H45FN2O3/c1-3-5-6-7-8-9-10-11-12-13-14-15-16-17-20-29-23-18-19-24(25(28)21-23)27(32)30-22-26(31)33-4-2/h18-19,21,29H,3-17,20,22H2,1-2H3,(H,30,32). The highest BCUT2D eigenvalue weighted by Gasteiger charge is 2.13. The zero-order valence-corrected chi connectivity index (χ0v) is 20.9. The van der Waals surface area contributed by atoms with Gasteiger partial charge >= 0.3 is 5.97 Å². The molecule has 0 bridgehead atoms. The van der Waals surface area contributed by atoms with Gasteiger partial charge in [0.1, 0.15) is 12.4 Å². The van der Waals surface area contributed by atoms with Crippen molar-refractivity contribution in [2.75, 3.05) is 25.0 Å². The van der Waals surface area contributed by atoms with Crippen LogP contribution in [0.4, 0.5) is 10.1 Å². The Bertz CT molecular complexity index is 667. The predicted molar refractivity (Wildman–Crippen MR) is 134 cm³/mol. The number of nitrogens with one attached hydrogen (secondary N) is 2. The number of rotatable bonds is 20. The number of carbonyl (C=O) groups excluding carboxylic acids is 2. The number of anilines is 1. The largest absolute Gasteiger partial charge is 0.465 e. The molecule has 1 aromatic carbocycles. The van der Waals surface area contributed by atoms with Gasteiger partial charge < -0.3 is 15.4 Å². The van der Waals surface area contributed by atoms with Crippen molar-refractivity contribution < 1.29 is 18.7 Å². The lowest BCUT2D eigenvalue weighted by Crippen LogP contribution is -2.31. The van der Waals surface area contributed by atoms with Gasteiger partial charge in [0.2, 0.25) is 0 Å². The van der Waals surface area contributed by atoms with Crippen LogP contribution in [0.1, 0.15) is 114 Å². The van der Waals surface area contributed by atoms with Crippen LogP contribution in [0.5, 0.6) is 0 Å². The molecule has 1 amide bonds. The summed E-state index contributed by atoms with van der Waals surface area (Å²) in [4.78, 5) is 23.3. The first-order valence-corrected chi connectivity index (χ1v) is 13.1. The van der Waals surface area contributed by atoms with Crippen LogP contribution in [0.25, 0.3) is 0 Å². The fourth-order valence-corrected chi connectivity index (χ4v) is 3.82. The first-order valence-electron chi connectivity index (χ1n) is 13.1. The number of amides is 1. The zero-order chi connectivity index (χ0) is 24.2. The summed E-state index contributed by atoms with van der Waals surface area (Å²) in [5.41, 5.74) is 0.575. The van der Waals surface area contributed by atoms with Crippen LogP contribution in [0.15, 0.2) is 18.2 Å². The molecule has 0 unspecified atom stereocenters. The minimum atomic E-state index is -0.626. The fourth-order valence-electron chi connectivity index (χ4n) is 3.82. The van der Waals surface area contributed by atoms with Crippen LogP contribution >= 0.6 is 0 Å². The molecular weight excluding hydrogens is 419 g/mol. The lowest BCUT2D eigenvalue weighted by atomic mass is 10.0. The summed E-state index contributed by atoms with van der Waals surface area (Å²) in [6.07, 6.45) is 18.5. The molecule has 33 heavy (non-hydrogen) atoms. The van der Waals surface area contributed by atoms with E-state index in [0.29, 0.717) is 5.69 Å². The number of benzene rings is 1. The molecule has 1 aromatic rings. The monoisotopic (exact) mass is 464 g/mol. The van der Waals surface area contributed by atoms with Crippen molar-refractivity contribution in [1.29, 1.82) is 0 Å². The highest BCUT2D eigenvalue weighted by atomic mass is 19.1. The van der Waals surface area contributed by atoms with Crippen LogP contribution in [-0.4, -0.2) is 31.6 Å². The average molecular weight is 465 g/mol. The van der Waals surface area contributed by atoms with Gasteiger partial charge in [-0.25, -0.2) is 4.39 Å². The van der Waals surface area contributed by atoms with E-state index in [9.17, 15) is 14.0 Å². The number of esters is 1. The van der Waals surface area contributed by atoms with Crippen LogP contribution in [0.3, 0.4) is 0 Å². The highest BCUT2D eigenvalue weighted by molar-refractivity contribution is 5.96. The predicted octanol–water partition coefficient (Wildman–Crippen LogP) is 7.01. The molecule has 6 heteroatoms. The minimum Gasteiger partial charge on any atom is -0.465 e. The van der Waals surface area contributed by atoms with Crippen molar-refractivity contribution in [3.05, 3.63) is 29.6 Å². The molecule has 188 valence electrons. The van der Waals surface area contributed by atoms with Gasteiger partial charge in [0.05, 0.1) is 12.2 Å². The van der Waals surface area contributed by atoms with Gasteiger partial charge in [-0.15, -0.1) is 0 Å². The smallest absolute Gasteiger partial charge is 0.325 e. The highest BCUT2D eigenvalue weighted by Crippen LogP contribution is 2.16. The second-order valence-corrected chi connectivity index (χ2v) is 8.71. The maximum Gasteiger partial charge on any atom is 0.325 e. The van der Waals surface area contributed by atoms with Crippen LogP contribution in [0.2, 0.25) is 0 Å². The van der Waals surface area contributed by atoms with Gasteiger partial charge in [-0.3, -0.25) is 9.59 Å². The summed E-state index contributed by atoms with van der Waals surface area (Å²) in [6, 6.07) is 4.44. The molecule has 0 saturated carbocycles. The SMILES string of the molecule is CCCCCCCCCCCCCCCCNc1ccc(C(=O)NCC(=O)OCC)c(F)c1. The lowest BCUT2D eigenvalue weighted by molar-refractivity contribution is -0.141. The third kappa shape index (κ3) is 14.6. The Morgan fingerprint density at radius 3 is 1.88 bits per heavy atom. The molecule has 0 aliphatic carbocycles. The van der Waals surface area contributed by atoms with Crippen molar-refractivity contribution in [2.24, 2.45) is 0 Å². The van der Waals surface area contributed by atoms with Gasteiger partial charge in [0, 0.05) is 12.2 Å². The summed E-state index contributed by atoms with van der Waals surface area (Å²) in [5, 5.41) is 5.59. The summed E-state index contributed by atoms with van der Waals surface area (Å²) < 4.78 is 19.0. The van der Waals surface area contributed by atoms with Crippen molar-refractivity contribution in [3.8, 4) is 0 Å². The van der Waals surface area contributed by atoms with Crippen LogP contribution in [0, 0.1) is 5.82 Å². The molecule has 1 rings (SSSR count). The Balaban J connectivity index is 2.05.